The lowest BCUT2D eigenvalue weighted by Gasteiger charge is -2.11. The van der Waals surface area contributed by atoms with Gasteiger partial charge in [-0.3, -0.25) is 0 Å². The van der Waals surface area contributed by atoms with Gasteiger partial charge in [-0.2, -0.15) is 0 Å². The van der Waals surface area contributed by atoms with E-state index >= 15 is 0 Å². The van der Waals surface area contributed by atoms with Crippen LogP contribution in [0.4, 0.5) is 4.79 Å². The van der Waals surface area contributed by atoms with Crippen LogP contribution >= 0.6 is 0 Å². The first kappa shape index (κ1) is 24.6. The summed E-state index contributed by atoms with van der Waals surface area (Å²) in [5, 5.41) is 11.1. The molecule has 3 unspecified atom stereocenters. The van der Waals surface area contributed by atoms with E-state index in [0.29, 0.717) is 5.57 Å². The molecule has 7 heteroatoms. The van der Waals surface area contributed by atoms with Crippen molar-refractivity contribution >= 4 is 12.1 Å². The first-order chi connectivity index (χ1) is 11.1. The molecule has 7 nitrogen and oxygen atoms in total. The Kier molecular flexibility index (Phi) is 15.4. The highest BCUT2D eigenvalue weighted by Gasteiger charge is 2.07. The molecule has 0 aliphatic carbocycles. The highest BCUT2D eigenvalue weighted by Crippen LogP contribution is 1.98. The maximum Gasteiger partial charge on any atom is 0.407 e. The first-order valence-electron chi connectivity index (χ1n) is 8.24. The molecule has 0 saturated carbocycles. The van der Waals surface area contributed by atoms with Crippen molar-refractivity contribution in [2.24, 2.45) is 0 Å². The number of amides is 1. The Labute approximate surface area is 145 Å². The third-order valence-electron chi connectivity index (χ3n) is 2.84. The Morgan fingerprint density at radius 1 is 1.12 bits per heavy atom. The second kappa shape index (κ2) is 15.0. The van der Waals surface area contributed by atoms with E-state index < -0.39 is 18.4 Å². The molecule has 0 aliphatic rings. The van der Waals surface area contributed by atoms with Gasteiger partial charge < -0.3 is 24.6 Å². The van der Waals surface area contributed by atoms with Crippen LogP contribution in [-0.4, -0.2) is 48.8 Å². The number of hydrogen-bond acceptors (Lipinski definition) is 6. The predicted molar refractivity (Wildman–Crippen MR) is 92.5 cm³/mol. The third-order valence-corrected chi connectivity index (χ3v) is 2.84. The highest BCUT2D eigenvalue weighted by atomic mass is 16.6. The van der Waals surface area contributed by atoms with Crippen LogP contribution < -0.4 is 5.32 Å². The monoisotopic (exact) mass is 347 g/mol. The summed E-state index contributed by atoms with van der Waals surface area (Å²) < 4.78 is 14.7. The minimum absolute atomic E-state index is 0.112. The van der Waals surface area contributed by atoms with Crippen molar-refractivity contribution in [1.82, 2.24) is 5.32 Å². The van der Waals surface area contributed by atoms with E-state index in [2.05, 4.69) is 11.9 Å². The third kappa shape index (κ3) is 16.8. The topological polar surface area (TPSA) is 94.1 Å². The molecule has 0 radical (unpaired) electrons. The molecular weight excluding hydrogens is 314 g/mol. The molecule has 2 N–H and O–H groups in total. The zero-order valence-corrected chi connectivity index (χ0v) is 15.8. The maximum atomic E-state index is 11.1. The lowest BCUT2D eigenvalue weighted by molar-refractivity contribution is -0.138. The zero-order chi connectivity index (χ0) is 19.1. The van der Waals surface area contributed by atoms with E-state index in [1.807, 2.05) is 20.8 Å². The van der Waals surface area contributed by atoms with Crippen LogP contribution in [0.15, 0.2) is 12.2 Å². The standard InChI is InChI=1S/C11H19NO4.C6H14O2/c1-5-9(4)16-11(14)12-6-7-15-10(13)8(2)3;1-4-5(2)8-6(3)7/h9H,2,5-7H2,1,3-4H3,(H,12,14);5-7H,4H2,1-3H3. The van der Waals surface area contributed by atoms with Crippen LogP contribution in [0.2, 0.25) is 0 Å². The lowest BCUT2D eigenvalue weighted by Crippen LogP contribution is -2.31. The number of ether oxygens (including phenoxy) is 3. The number of alkyl carbamates (subject to hydrolysis) is 1. The molecule has 0 spiro atoms. The van der Waals surface area contributed by atoms with Gasteiger partial charge in [0.15, 0.2) is 6.29 Å². The Balaban J connectivity index is 0. The minimum Gasteiger partial charge on any atom is -0.460 e. The summed E-state index contributed by atoms with van der Waals surface area (Å²) >= 11 is 0. The second-order valence-corrected chi connectivity index (χ2v) is 5.42. The largest absolute Gasteiger partial charge is 0.460 e. The van der Waals surface area contributed by atoms with Crippen molar-refractivity contribution in [1.29, 1.82) is 0 Å². The van der Waals surface area contributed by atoms with E-state index in [9.17, 15) is 9.59 Å². The number of aliphatic hydroxyl groups is 1. The van der Waals surface area contributed by atoms with Gasteiger partial charge in [-0.1, -0.05) is 20.4 Å². The molecule has 0 rings (SSSR count). The van der Waals surface area contributed by atoms with Gasteiger partial charge in [-0.15, -0.1) is 0 Å². The molecule has 3 atom stereocenters. The molecule has 0 aromatic carbocycles. The number of carbonyl (C=O) groups is 2. The predicted octanol–water partition coefficient (Wildman–Crippen LogP) is 2.77. The summed E-state index contributed by atoms with van der Waals surface area (Å²) in [6.07, 6.45) is 0.654. The molecule has 0 bridgehead atoms. The molecule has 0 aliphatic heterocycles. The highest BCUT2D eigenvalue weighted by molar-refractivity contribution is 5.86. The van der Waals surface area contributed by atoms with Crippen molar-refractivity contribution in [3.63, 3.8) is 0 Å². The molecule has 0 aromatic heterocycles. The van der Waals surface area contributed by atoms with E-state index in [-0.39, 0.29) is 25.4 Å². The normalized spacial score (nSPS) is 13.6. The lowest BCUT2D eigenvalue weighted by atomic mass is 10.3. The van der Waals surface area contributed by atoms with Crippen LogP contribution in [0.3, 0.4) is 0 Å². The molecule has 142 valence electrons. The second-order valence-electron chi connectivity index (χ2n) is 5.42. The summed E-state index contributed by atoms with van der Waals surface area (Å²) in [7, 11) is 0. The fraction of sp³-hybridized carbons (Fsp3) is 0.765. The Morgan fingerprint density at radius 2 is 1.67 bits per heavy atom. The van der Waals surface area contributed by atoms with Gasteiger partial charge in [0, 0.05) is 5.57 Å². The minimum atomic E-state index is -0.620. The van der Waals surface area contributed by atoms with Gasteiger partial charge in [-0.25, -0.2) is 9.59 Å². The van der Waals surface area contributed by atoms with Crippen LogP contribution in [-0.2, 0) is 19.0 Å². The van der Waals surface area contributed by atoms with Crippen molar-refractivity contribution < 1.29 is 28.9 Å². The van der Waals surface area contributed by atoms with E-state index in [1.54, 1.807) is 20.8 Å². The summed E-state index contributed by atoms with van der Waals surface area (Å²) in [5.41, 5.74) is 0.335. The number of aliphatic hydroxyl groups excluding tert-OH is 1. The number of esters is 1. The fourth-order valence-corrected chi connectivity index (χ4v) is 1.16. The molecule has 1 amide bonds. The summed E-state index contributed by atoms with van der Waals surface area (Å²) in [6.45, 7) is 14.6. The number of rotatable bonds is 9. The summed E-state index contributed by atoms with van der Waals surface area (Å²) in [5.74, 6) is -0.461. The van der Waals surface area contributed by atoms with Gasteiger partial charge in [0.2, 0.25) is 0 Å². The van der Waals surface area contributed by atoms with Gasteiger partial charge >= 0.3 is 12.1 Å². The van der Waals surface area contributed by atoms with Gasteiger partial charge in [0.05, 0.1) is 12.6 Å². The van der Waals surface area contributed by atoms with Crippen LogP contribution in [0, 0.1) is 0 Å². The van der Waals surface area contributed by atoms with Gasteiger partial charge in [-0.05, 0) is 40.5 Å². The number of carbonyl (C=O) groups excluding carboxylic acids is 2. The Hall–Kier alpha value is -1.60. The van der Waals surface area contributed by atoms with Gasteiger partial charge in [0.1, 0.15) is 12.7 Å². The van der Waals surface area contributed by atoms with Crippen molar-refractivity contribution in [2.45, 2.75) is 72.9 Å². The average Bonchev–Trinajstić information content (AvgIpc) is 2.50. The average molecular weight is 347 g/mol. The van der Waals surface area contributed by atoms with Crippen LogP contribution in [0.25, 0.3) is 0 Å². The van der Waals surface area contributed by atoms with E-state index in [1.165, 1.54) is 0 Å². The molecule has 0 saturated heterocycles. The van der Waals surface area contributed by atoms with Crippen LogP contribution in [0.5, 0.6) is 0 Å². The maximum absolute atomic E-state index is 11.1. The van der Waals surface area contributed by atoms with Crippen molar-refractivity contribution in [2.75, 3.05) is 13.2 Å². The fourth-order valence-electron chi connectivity index (χ4n) is 1.16. The quantitative estimate of drug-likeness (QED) is 0.288. The number of hydrogen-bond donors (Lipinski definition) is 2. The smallest absolute Gasteiger partial charge is 0.407 e. The molecule has 24 heavy (non-hydrogen) atoms. The SMILES string of the molecule is C=C(C)C(=O)OCCNC(=O)OC(C)CC.CCC(C)OC(C)O. The summed E-state index contributed by atoms with van der Waals surface area (Å²) in [6, 6.07) is 0. The molecule has 0 heterocycles. The zero-order valence-electron chi connectivity index (χ0n) is 15.8. The Bertz CT molecular complexity index is 370. The van der Waals surface area contributed by atoms with Crippen LogP contribution in [0.1, 0.15) is 54.4 Å². The Morgan fingerprint density at radius 3 is 2.04 bits per heavy atom. The van der Waals surface area contributed by atoms with E-state index in [0.717, 1.165) is 12.8 Å². The van der Waals surface area contributed by atoms with Gasteiger partial charge in [0.25, 0.3) is 0 Å². The first-order valence-corrected chi connectivity index (χ1v) is 8.24. The molecule has 0 aromatic rings. The van der Waals surface area contributed by atoms with E-state index in [4.69, 9.17) is 19.3 Å². The summed E-state index contributed by atoms with van der Waals surface area (Å²) in [4.78, 5) is 22.0. The molecular formula is C17H33NO6. The number of nitrogens with one attached hydrogen (secondary N) is 1. The molecule has 0 fully saturated rings. The van der Waals surface area contributed by atoms with Crippen molar-refractivity contribution in [3.8, 4) is 0 Å². The van der Waals surface area contributed by atoms with Crippen molar-refractivity contribution in [3.05, 3.63) is 12.2 Å².